The molecule has 0 radical (unpaired) electrons. The number of hydrogen-bond acceptors (Lipinski definition) is 7. The van der Waals surface area contributed by atoms with E-state index in [-0.39, 0.29) is 0 Å². The van der Waals surface area contributed by atoms with Crippen LogP contribution in [-0.2, 0) is 4.74 Å². The highest BCUT2D eigenvalue weighted by molar-refractivity contribution is 5.70. The molecule has 3 rings (SSSR count). The molecule has 146 valence electrons. The summed E-state index contributed by atoms with van der Waals surface area (Å²) in [6.45, 7) is 2.75. The van der Waals surface area contributed by atoms with Crippen LogP contribution in [0.1, 0.15) is 24.1 Å². The summed E-state index contributed by atoms with van der Waals surface area (Å²) < 4.78 is 5.11. The molecule has 7 heteroatoms. The van der Waals surface area contributed by atoms with Crippen molar-refractivity contribution < 1.29 is 4.74 Å². The third-order valence-electron chi connectivity index (χ3n) is 4.63. The van der Waals surface area contributed by atoms with Gasteiger partial charge in [0.2, 0.25) is 0 Å². The lowest BCUT2D eigenvalue weighted by atomic mass is 10.0. The van der Waals surface area contributed by atoms with Crippen LogP contribution in [0.2, 0.25) is 0 Å². The van der Waals surface area contributed by atoms with Crippen LogP contribution in [0, 0.1) is 12.3 Å². The van der Waals surface area contributed by atoms with E-state index < -0.39 is 0 Å². The number of piperidine rings is 1. The Hall–Kier alpha value is -2.95. The Bertz CT molecular complexity index is 835. The van der Waals surface area contributed by atoms with Crippen LogP contribution < -0.4 is 10.6 Å². The summed E-state index contributed by atoms with van der Waals surface area (Å²) in [5.74, 6) is 3.75. The van der Waals surface area contributed by atoms with Gasteiger partial charge in [-0.15, -0.1) is 6.42 Å². The van der Waals surface area contributed by atoms with Crippen LogP contribution in [0.3, 0.4) is 0 Å². The minimum Gasteiger partial charge on any atom is -0.382 e. The van der Waals surface area contributed by atoms with E-state index in [2.05, 4.69) is 43.5 Å². The van der Waals surface area contributed by atoms with Crippen LogP contribution >= 0.6 is 0 Å². The van der Waals surface area contributed by atoms with E-state index >= 15 is 0 Å². The number of nitrogens with zero attached hydrogens (tertiary/aromatic N) is 4. The number of ether oxygens (including phenoxy) is 1. The summed E-state index contributed by atoms with van der Waals surface area (Å²) in [6.07, 6.45) is 16.6. The Balaban J connectivity index is 1.78. The Kier molecular flexibility index (Phi) is 6.95. The number of nitrogens with one attached hydrogen (secondary N) is 2. The Morgan fingerprint density at radius 2 is 2.00 bits per heavy atom. The molecule has 1 saturated heterocycles. The highest BCUT2D eigenvalue weighted by Gasteiger charge is 2.17. The van der Waals surface area contributed by atoms with Gasteiger partial charge < -0.3 is 20.3 Å². The van der Waals surface area contributed by atoms with Crippen molar-refractivity contribution in [2.75, 3.05) is 44.5 Å². The predicted molar refractivity (Wildman–Crippen MR) is 113 cm³/mol. The molecule has 0 unspecified atom stereocenters. The SMILES string of the molecule is C#Cc1cnc(Nc2cc(NC3CCN(C)CC3)c(/C=C/COC)cn2)cn1. The van der Waals surface area contributed by atoms with Crippen LogP contribution in [0.4, 0.5) is 17.3 Å². The average molecular weight is 378 g/mol. The number of hydrogen-bond donors (Lipinski definition) is 2. The zero-order chi connectivity index (χ0) is 19.8. The van der Waals surface area contributed by atoms with E-state index in [1.807, 2.05) is 24.4 Å². The second-order valence-electron chi connectivity index (χ2n) is 6.79. The Morgan fingerprint density at radius 1 is 1.21 bits per heavy atom. The predicted octanol–water partition coefficient (Wildman–Crippen LogP) is 2.76. The standard InChI is InChI=1S/C21H26N6O/c1-4-17-14-24-21(15-22-17)26-20-12-19(16(13-23-20)6-5-11-28-3)25-18-7-9-27(2)10-8-18/h1,5-6,12-15,18H,7-11H2,2-3H3,(H2,23,24,25,26)/b6-5+. The average Bonchev–Trinajstić information content (AvgIpc) is 2.72. The molecule has 7 nitrogen and oxygen atoms in total. The third-order valence-corrected chi connectivity index (χ3v) is 4.63. The first-order chi connectivity index (χ1) is 13.7. The van der Waals surface area contributed by atoms with E-state index in [4.69, 9.17) is 11.2 Å². The van der Waals surface area contributed by atoms with Crippen molar-refractivity contribution in [3.05, 3.63) is 42.0 Å². The van der Waals surface area contributed by atoms with Crippen molar-refractivity contribution in [3.63, 3.8) is 0 Å². The number of aromatic nitrogens is 3. The molecular weight excluding hydrogens is 352 g/mol. The first-order valence-corrected chi connectivity index (χ1v) is 9.34. The van der Waals surface area contributed by atoms with Gasteiger partial charge in [-0.1, -0.05) is 12.2 Å². The quantitative estimate of drug-likeness (QED) is 0.718. The van der Waals surface area contributed by atoms with Crippen LogP contribution in [0.5, 0.6) is 0 Å². The molecule has 1 aliphatic rings. The van der Waals surface area contributed by atoms with Gasteiger partial charge in [-0.05, 0) is 38.9 Å². The molecule has 28 heavy (non-hydrogen) atoms. The molecular formula is C21H26N6O. The van der Waals surface area contributed by atoms with Gasteiger partial charge in [0.15, 0.2) is 0 Å². The number of anilines is 3. The van der Waals surface area contributed by atoms with Crippen molar-refractivity contribution in [1.82, 2.24) is 19.9 Å². The highest BCUT2D eigenvalue weighted by Crippen LogP contribution is 2.25. The second-order valence-corrected chi connectivity index (χ2v) is 6.79. The summed E-state index contributed by atoms with van der Waals surface area (Å²) in [5.41, 5.74) is 2.56. The molecule has 1 aliphatic heterocycles. The summed E-state index contributed by atoms with van der Waals surface area (Å²) in [4.78, 5) is 15.3. The van der Waals surface area contributed by atoms with Crippen LogP contribution in [-0.4, -0.2) is 59.7 Å². The minimum atomic E-state index is 0.440. The minimum absolute atomic E-state index is 0.440. The first kappa shape index (κ1) is 19.8. The Morgan fingerprint density at radius 3 is 2.68 bits per heavy atom. The Labute approximate surface area is 166 Å². The molecule has 0 spiro atoms. The third kappa shape index (κ3) is 5.52. The van der Waals surface area contributed by atoms with E-state index in [0.717, 1.165) is 37.2 Å². The maximum atomic E-state index is 5.32. The fourth-order valence-corrected chi connectivity index (χ4v) is 3.03. The molecule has 0 atom stereocenters. The van der Waals surface area contributed by atoms with E-state index in [1.165, 1.54) is 0 Å². The largest absolute Gasteiger partial charge is 0.382 e. The van der Waals surface area contributed by atoms with Gasteiger partial charge in [0.1, 0.15) is 17.3 Å². The summed E-state index contributed by atoms with van der Waals surface area (Å²) in [7, 11) is 3.84. The summed E-state index contributed by atoms with van der Waals surface area (Å²) >= 11 is 0. The van der Waals surface area contributed by atoms with Crippen molar-refractivity contribution in [2.24, 2.45) is 0 Å². The van der Waals surface area contributed by atoms with Gasteiger partial charge >= 0.3 is 0 Å². The lowest BCUT2D eigenvalue weighted by molar-refractivity contribution is 0.234. The van der Waals surface area contributed by atoms with Gasteiger partial charge in [0.25, 0.3) is 0 Å². The van der Waals surface area contributed by atoms with E-state index in [9.17, 15) is 0 Å². The molecule has 0 bridgehead atoms. The molecule has 2 N–H and O–H groups in total. The normalized spacial score (nSPS) is 15.5. The van der Waals surface area contributed by atoms with Gasteiger partial charge in [-0.2, -0.15) is 0 Å². The van der Waals surface area contributed by atoms with Gasteiger partial charge in [-0.3, -0.25) is 0 Å². The molecule has 3 heterocycles. The van der Waals surface area contributed by atoms with Crippen LogP contribution in [0.25, 0.3) is 6.08 Å². The zero-order valence-electron chi connectivity index (χ0n) is 16.4. The second kappa shape index (κ2) is 9.83. The maximum absolute atomic E-state index is 5.32. The van der Waals surface area contributed by atoms with Crippen molar-refractivity contribution in [2.45, 2.75) is 18.9 Å². The topological polar surface area (TPSA) is 75.2 Å². The molecule has 0 amide bonds. The summed E-state index contributed by atoms with van der Waals surface area (Å²) in [6, 6.07) is 2.44. The first-order valence-electron chi connectivity index (χ1n) is 9.34. The molecule has 1 fully saturated rings. The monoisotopic (exact) mass is 378 g/mol. The summed E-state index contributed by atoms with van der Waals surface area (Å²) in [5, 5.41) is 6.86. The van der Waals surface area contributed by atoms with Crippen LogP contribution in [0.15, 0.2) is 30.7 Å². The molecule has 0 saturated carbocycles. The number of likely N-dealkylation sites (tertiary alicyclic amines) is 1. The highest BCUT2D eigenvalue weighted by atomic mass is 16.5. The van der Waals surface area contributed by atoms with Crippen molar-refractivity contribution in [3.8, 4) is 12.3 Å². The molecule has 2 aromatic rings. The van der Waals surface area contributed by atoms with E-state index in [1.54, 1.807) is 19.5 Å². The fourth-order valence-electron chi connectivity index (χ4n) is 3.03. The van der Waals surface area contributed by atoms with E-state index in [0.29, 0.717) is 30.0 Å². The van der Waals surface area contributed by atoms with Gasteiger partial charge in [-0.25, -0.2) is 15.0 Å². The molecule has 0 aliphatic carbocycles. The van der Waals surface area contributed by atoms with Gasteiger partial charge in [0, 0.05) is 36.7 Å². The smallest absolute Gasteiger partial charge is 0.150 e. The number of rotatable bonds is 7. The maximum Gasteiger partial charge on any atom is 0.150 e. The number of pyridine rings is 1. The molecule has 0 aromatic carbocycles. The fraction of sp³-hybridized carbons (Fsp3) is 0.381. The lowest BCUT2D eigenvalue weighted by Gasteiger charge is -2.30. The van der Waals surface area contributed by atoms with Gasteiger partial charge in [0.05, 0.1) is 19.0 Å². The van der Waals surface area contributed by atoms with Crippen molar-refractivity contribution >= 4 is 23.4 Å². The molecule has 2 aromatic heterocycles. The number of methoxy groups -OCH3 is 1. The lowest BCUT2D eigenvalue weighted by Crippen LogP contribution is -2.36. The zero-order valence-corrected chi connectivity index (χ0v) is 16.4. The number of terminal acetylenes is 1. The van der Waals surface area contributed by atoms with Crippen molar-refractivity contribution in [1.29, 1.82) is 0 Å².